The van der Waals surface area contributed by atoms with E-state index in [9.17, 15) is 4.79 Å². The topological polar surface area (TPSA) is 29.1 Å². The van der Waals surface area contributed by atoms with Gasteiger partial charge in [-0.2, -0.15) is 0 Å². The second-order valence-corrected chi connectivity index (χ2v) is 6.44. The van der Waals surface area contributed by atoms with Crippen LogP contribution in [0.3, 0.4) is 0 Å². The van der Waals surface area contributed by atoms with Crippen molar-refractivity contribution in [1.29, 1.82) is 0 Å². The zero-order valence-electron chi connectivity index (χ0n) is 10.8. The van der Waals surface area contributed by atoms with Crippen molar-refractivity contribution in [2.75, 3.05) is 0 Å². The highest BCUT2D eigenvalue weighted by Crippen LogP contribution is 2.36. The molecule has 0 spiro atoms. The van der Waals surface area contributed by atoms with Gasteiger partial charge in [0.25, 0.3) is 0 Å². The van der Waals surface area contributed by atoms with Crippen molar-refractivity contribution in [3.05, 3.63) is 64.7 Å². The van der Waals surface area contributed by atoms with Gasteiger partial charge in [-0.25, -0.2) is 0 Å². The average Bonchev–Trinajstić information content (AvgIpc) is 2.90. The summed E-state index contributed by atoms with van der Waals surface area (Å²) in [7, 11) is 0. The molecule has 0 aliphatic carbocycles. The molecular weight excluding hydrogens is 290 g/mol. The highest BCUT2D eigenvalue weighted by Gasteiger charge is 2.27. The van der Waals surface area contributed by atoms with Crippen LogP contribution in [0.1, 0.15) is 11.1 Å². The normalized spacial score (nSPS) is 16.8. The van der Waals surface area contributed by atoms with Crippen LogP contribution >= 0.6 is 23.4 Å². The summed E-state index contributed by atoms with van der Waals surface area (Å²) in [6.45, 7) is 0.545. The van der Waals surface area contributed by atoms with Gasteiger partial charge in [0.05, 0.1) is 5.25 Å². The van der Waals surface area contributed by atoms with Gasteiger partial charge in [0.1, 0.15) is 0 Å². The number of carbonyl (C=O) groups is 1. The van der Waals surface area contributed by atoms with Crippen molar-refractivity contribution >= 4 is 29.3 Å². The maximum Gasteiger partial charge on any atom is 0.234 e. The van der Waals surface area contributed by atoms with Crippen molar-refractivity contribution in [1.82, 2.24) is 5.32 Å². The van der Waals surface area contributed by atoms with E-state index < -0.39 is 0 Å². The molecule has 20 heavy (non-hydrogen) atoms. The minimum absolute atomic E-state index is 0.0142. The monoisotopic (exact) mass is 303 g/mol. The summed E-state index contributed by atoms with van der Waals surface area (Å²) in [5, 5.41) is 3.69. The number of fused-ring (bicyclic) bond motifs is 1. The molecule has 0 aromatic heterocycles. The van der Waals surface area contributed by atoms with E-state index in [-0.39, 0.29) is 11.2 Å². The van der Waals surface area contributed by atoms with Gasteiger partial charge in [0.2, 0.25) is 5.91 Å². The SMILES string of the molecule is O=C(NCc1ccc(Cl)cc1)[C@@H]1Cc2ccccc2S1. The lowest BCUT2D eigenvalue weighted by Crippen LogP contribution is -2.31. The van der Waals surface area contributed by atoms with E-state index in [0.29, 0.717) is 11.6 Å². The van der Waals surface area contributed by atoms with Crippen molar-refractivity contribution in [3.8, 4) is 0 Å². The van der Waals surface area contributed by atoms with E-state index in [4.69, 9.17) is 11.6 Å². The van der Waals surface area contributed by atoms with Gasteiger partial charge in [-0.1, -0.05) is 41.9 Å². The molecular formula is C16H14ClNOS. The second-order valence-electron chi connectivity index (χ2n) is 4.76. The fraction of sp³-hybridized carbons (Fsp3) is 0.188. The first-order valence-corrected chi connectivity index (χ1v) is 7.75. The Balaban J connectivity index is 1.57. The number of halogens is 1. The number of rotatable bonds is 3. The van der Waals surface area contributed by atoms with Gasteiger partial charge in [0.15, 0.2) is 0 Å². The van der Waals surface area contributed by atoms with Crippen LogP contribution in [0.4, 0.5) is 0 Å². The first kappa shape index (κ1) is 13.5. The fourth-order valence-electron chi connectivity index (χ4n) is 2.23. The fourth-order valence-corrected chi connectivity index (χ4v) is 3.58. The molecule has 2 aromatic rings. The lowest BCUT2D eigenvalue weighted by molar-refractivity contribution is -0.120. The Hall–Kier alpha value is -1.45. The molecule has 0 fully saturated rings. The van der Waals surface area contributed by atoms with Crippen LogP contribution in [0.25, 0.3) is 0 Å². The van der Waals surface area contributed by atoms with Crippen LogP contribution in [0, 0.1) is 0 Å². The third-order valence-corrected chi connectivity index (χ3v) is 4.89. The van der Waals surface area contributed by atoms with Gasteiger partial charge in [-0.15, -0.1) is 11.8 Å². The number of benzene rings is 2. The predicted molar refractivity (Wildman–Crippen MR) is 83.1 cm³/mol. The Labute approximate surface area is 127 Å². The summed E-state index contributed by atoms with van der Waals surface area (Å²) >= 11 is 7.49. The summed E-state index contributed by atoms with van der Waals surface area (Å²) in [6.07, 6.45) is 0.813. The quantitative estimate of drug-likeness (QED) is 0.937. The average molecular weight is 304 g/mol. The Morgan fingerprint density at radius 2 is 1.95 bits per heavy atom. The number of nitrogens with one attached hydrogen (secondary N) is 1. The van der Waals surface area contributed by atoms with E-state index in [1.165, 1.54) is 10.5 Å². The summed E-state index contributed by atoms with van der Waals surface area (Å²) in [5.41, 5.74) is 2.33. The number of hydrogen-bond acceptors (Lipinski definition) is 2. The Kier molecular flexibility index (Phi) is 3.99. The molecule has 102 valence electrons. The highest BCUT2D eigenvalue weighted by atomic mass is 35.5. The Morgan fingerprint density at radius 3 is 2.70 bits per heavy atom. The number of carbonyl (C=O) groups excluding carboxylic acids is 1. The van der Waals surface area contributed by atoms with Crippen molar-refractivity contribution < 1.29 is 4.79 Å². The van der Waals surface area contributed by atoms with Crippen LogP contribution in [-0.4, -0.2) is 11.2 Å². The molecule has 1 aliphatic heterocycles. The van der Waals surface area contributed by atoms with Crippen molar-refractivity contribution in [2.24, 2.45) is 0 Å². The van der Waals surface area contributed by atoms with Gasteiger partial charge < -0.3 is 5.32 Å². The van der Waals surface area contributed by atoms with E-state index >= 15 is 0 Å². The molecule has 0 unspecified atom stereocenters. The van der Waals surface area contributed by atoms with Crippen LogP contribution in [0.15, 0.2) is 53.4 Å². The largest absolute Gasteiger partial charge is 0.351 e. The summed E-state index contributed by atoms with van der Waals surface area (Å²) in [5.74, 6) is 0.0983. The smallest absolute Gasteiger partial charge is 0.234 e. The third kappa shape index (κ3) is 3.00. The maximum atomic E-state index is 12.2. The minimum Gasteiger partial charge on any atom is -0.351 e. The lowest BCUT2D eigenvalue weighted by Gasteiger charge is -2.10. The molecule has 3 rings (SSSR count). The maximum absolute atomic E-state index is 12.2. The Morgan fingerprint density at radius 1 is 1.20 bits per heavy atom. The van der Waals surface area contributed by atoms with E-state index in [1.54, 1.807) is 11.8 Å². The highest BCUT2D eigenvalue weighted by molar-refractivity contribution is 8.01. The second kappa shape index (κ2) is 5.90. The summed E-state index contributed by atoms with van der Waals surface area (Å²) in [4.78, 5) is 13.4. The van der Waals surface area contributed by atoms with E-state index in [2.05, 4.69) is 17.4 Å². The number of thioether (sulfide) groups is 1. The molecule has 1 N–H and O–H groups in total. The third-order valence-electron chi connectivity index (χ3n) is 3.32. The molecule has 4 heteroatoms. The lowest BCUT2D eigenvalue weighted by atomic mass is 10.1. The van der Waals surface area contributed by atoms with Crippen molar-refractivity contribution in [2.45, 2.75) is 23.1 Å². The molecule has 1 atom stereocenters. The zero-order chi connectivity index (χ0) is 13.9. The molecule has 2 nitrogen and oxygen atoms in total. The zero-order valence-corrected chi connectivity index (χ0v) is 12.4. The summed E-state index contributed by atoms with van der Waals surface area (Å²) in [6, 6.07) is 15.7. The van der Waals surface area contributed by atoms with Crippen LogP contribution in [-0.2, 0) is 17.8 Å². The molecule has 0 saturated carbocycles. The van der Waals surface area contributed by atoms with Gasteiger partial charge in [-0.3, -0.25) is 4.79 Å². The Bertz CT molecular complexity index is 602. The van der Waals surface area contributed by atoms with Crippen LogP contribution in [0.5, 0.6) is 0 Å². The summed E-state index contributed by atoms with van der Waals surface area (Å²) < 4.78 is 0. The number of amides is 1. The van der Waals surface area contributed by atoms with Crippen molar-refractivity contribution in [3.63, 3.8) is 0 Å². The standard InChI is InChI=1S/C16H14ClNOS/c17-13-7-5-11(6-8-13)10-18-16(19)15-9-12-3-1-2-4-14(12)20-15/h1-8,15H,9-10H2,(H,18,19)/t15-/m0/s1. The van der Waals surface area contributed by atoms with E-state index in [0.717, 1.165) is 12.0 Å². The van der Waals surface area contributed by atoms with Crippen LogP contribution in [0.2, 0.25) is 5.02 Å². The van der Waals surface area contributed by atoms with Gasteiger partial charge >= 0.3 is 0 Å². The van der Waals surface area contributed by atoms with Gasteiger partial charge in [0, 0.05) is 16.5 Å². The van der Waals surface area contributed by atoms with Gasteiger partial charge in [-0.05, 0) is 35.7 Å². The predicted octanol–water partition coefficient (Wildman–Crippen LogP) is 3.67. The molecule has 1 heterocycles. The minimum atomic E-state index is -0.0142. The van der Waals surface area contributed by atoms with Crippen LogP contribution < -0.4 is 5.32 Å². The number of hydrogen-bond donors (Lipinski definition) is 1. The molecule has 0 saturated heterocycles. The first-order chi connectivity index (χ1) is 9.72. The molecule has 0 bridgehead atoms. The molecule has 1 amide bonds. The first-order valence-electron chi connectivity index (χ1n) is 6.49. The van der Waals surface area contributed by atoms with E-state index in [1.807, 2.05) is 36.4 Å². The molecule has 0 radical (unpaired) electrons. The molecule has 1 aliphatic rings. The molecule has 2 aromatic carbocycles.